The van der Waals surface area contributed by atoms with Crippen LogP contribution in [0.1, 0.15) is 6.23 Å². The van der Waals surface area contributed by atoms with Crippen LogP contribution in [0.3, 0.4) is 0 Å². The van der Waals surface area contributed by atoms with Crippen LogP contribution in [-0.2, 0) is 38.8 Å². The van der Waals surface area contributed by atoms with Crippen LogP contribution in [0.2, 0.25) is 0 Å². The quantitative estimate of drug-likeness (QED) is 0.204. The number of ether oxygens (including phenoxy) is 1. The van der Waals surface area contributed by atoms with E-state index >= 15 is 0 Å². The number of aliphatic hydroxyl groups excluding tert-OH is 2. The molecule has 0 aliphatic carbocycles. The van der Waals surface area contributed by atoms with Crippen LogP contribution >= 0.6 is 22.4 Å². The van der Waals surface area contributed by atoms with Crippen molar-refractivity contribution in [3.8, 4) is 0 Å². The SMILES string of the molecule is Nc1ncnc2c1ncn2C1OC(COP([O-])(=S)OP(=O)([O-])OP(=O)([O-])[O-])C(O)C1O.[Li+].[Li+].[Li+].[Li+]. The Bertz CT molecular complexity index is 1130. The van der Waals surface area contributed by atoms with Gasteiger partial charge in [-0.2, -0.15) is 0 Å². The number of phosphoric acid groups is 2. The van der Waals surface area contributed by atoms with Crippen molar-refractivity contribution in [1.29, 1.82) is 0 Å². The van der Waals surface area contributed by atoms with Gasteiger partial charge in [-0.15, -0.1) is 0 Å². The topological polar surface area (TPSA) is 273 Å². The molecule has 0 radical (unpaired) electrons. The summed E-state index contributed by atoms with van der Waals surface area (Å²) >= 11 is 4.29. The Morgan fingerprint density at radius 2 is 1.66 bits per heavy atom. The molecule has 0 bridgehead atoms. The smallest absolute Gasteiger partial charge is 0.790 e. The van der Waals surface area contributed by atoms with Gasteiger partial charge in [0.1, 0.15) is 36.9 Å². The zero-order valence-corrected chi connectivity index (χ0v) is 22.3. The van der Waals surface area contributed by atoms with Gasteiger partial charge in [0.2, 0.25) is 0 Å². The van der Waals surface area contributed by atoms with Gasteiger partial charge in [0, 0.05) is 0 Å². The number of aliphatic hydroxyl groups is 2. The Kier molecular flexibility index (Phi) is 16.2. The predicted molar refractivity (Wildman–Crippen MR) is 93.3 cm³/mol. The summed E-state index contributed by atoms with van der Waals surface area (Å²) in [6.45, 7) is -5.84. The first-order chi connectivity index (χ1) is 14.2. The van der Waals surface area contributed by atoms with E-state index in [0.29, 0.717) is 0 Å². The van der Waals surface area contributed by atoms with Crippen molar-refractivity contribution < 1.29 is 132 Å². The first-order valence-corrected chi connectivity index (χ1v) is 13.3. The van der Waals surface area contributed by atoms with Crippen molar-refractivity contribution in [2.45, 2.75) is 24.5 Å². The average molecular weight is 547 g/mol. The normalized spacial score (nSPS) is 25.2. The Labute approximate surface area is 250 Å². The zero-order chi connectivity index (χ0) is 23.2. The molecule has 6 unspecified atom stereocenters. The predicted octanol–water partition coefficient (Wildman–Crippen LogP) is -16.0. The van der Waals surface area contributed by atoms with Crippen molar-refractivity contribution in [2.75, 3.05) is 12.3 Å². The molecule has 1 saturated heterocycles. The summed E-state index contributed by atoms with van der Waals surface area (Å²) in [5.41, 5.74) is 6.02. The number of nitrogens with zero attached hydrogens (tertiary/aromatic N) is 4. The number of rotatable bonds is 8. The molecule has 0 amide bonds. The molecule has 1 fully saturated rings. The Hall–Kier alpha value is 1.45. The largest absolute Gasteiger partial charge is 1.00 e. The molecule has 6 atom stereocenters. The molecule has 1 aliphatic heterocycles. The van der Waals surface area contributed by atoms with Crippen molar-refractivity contribution in [3.63, 3.8) is 0 Å². The summed E-state index contributed by atoms with van der Waals surface area (Å²) in [4.78, 5) is 55.7. The molecule has 2 aromatic rings. The summed E-state index contributed by atoms with van der Waals surface area (Å²) in [6, 6.07) is 0. The van der Waals surface area contributed by atoms with Gasteiger partial charge in [0.25, 0.3) is 7.82 Å². The van der Waals surface area contributed by atoms with E-state index in [-0.39, 0.29) is 92.4 Å². The number of imidazole rings is 1. The van der Waals surface area contributed by atoms with E-state index in [9.17, 15) is 38.9 Å². The first-order valence-electron chi connectivity index (χ1n) is 7.85. The minimum Gasteiger partial charge on any atom is -0.790 e. The molecular weight excluding hydrogens is 535 g/mol. The fraction of sp³-hybridized carbons (Fsp3) is 0.500. The minimum atomic E-state index is -6.04. The van der Waals surface area contributed by atoms with Gasteiger partial charge >= 0.3 is 75.4 Å². The molecule has 2 aromatic heterocycles. The summed E-state index contributed by atoms with van der Waals surface area (Å²) in [5.74, 6) is 0.0471. The number of aromatic nitrogens is 4. The second-order valence-corrected chi connectivity index (χ2v) is 11.5. The van der Waals surface area contributed by atoms with E-state index in [2.05, 4.69) is 39.9 Å². The van der Waals surface area contributed by atoms with Crippen molar-refractivity contribution in [2.24, 2.45) is 0 Å². The van der Waals surface area contributed by atoms with Gasteiger partial charge in [-0.1, -0.05) is 11.8 Å². The second kappa shape index (κ2) is 14.7. The minimum absolute atomic E-state index is 0. The number of anilines is 1. The van der Waals surface area contributed by atoms with Crippen LogP contribution in [0.25, 0.3) is 11.2 Å². The molecule has 25 heteroatoms. The summed E-state index contributed by atoms with van der Waals surface area (Å²) in [5, 5.41) is 20.4. The average Bonchev–Trinajstić information content (AvgIpc) is 3.13. The molecule has 4 N–H and O–H groups in total. The zero-order valence-electron chi connectivity index (χ0n) is 18.8. The molecule has 0 aromatic carbocycles. The van der Waals surface area contributed by atoms with E-state index in [4.69, 9.17) is 10.5 Å². The third-order valence-electron chi connectivity index (χ3n) is 3.80. The van der Waals surface area contributed by atoms with Gasteiger partial charge in [0.15, 0.2) is 17.7 Å². The fourth-order valence-corrected chi connectivity index (χ4v) is 6.38. The van der Waals surface area contributed by atoms with Crippen LogP contribution in [-0.4, -0.2) is 54.7 Å². The molecule has 1 aliphatic rings. The molecule has 0 spiro atoms. The molecule has 3 heterocycles. The third-order valence-corrected chi connectivity index (χ3v) is 8.38. The van der Waals surface area contributed by atoms with E-state index in [1.807, 2.05) is 0 Å². The number of nitrogens with two attached hydrogens (primary N) is 1. The first kappa shape index (κ1) is 38.6. The van der Waals surface area contributed by atoms with Crippen LogP contribution in [0.4, 0.5) is 5.82 Å². The summed E-state index contributed by atoms with van der Waals surface area (Å²) in [6.07, 6.45) is -3.56. The van der Waals surface area contributed by atoms with Crippen molar-refractivity contribution in [3.05, 3.63) is 12.7 Å². The van der Waals surface area contributed by atoms with E-state index in [1.165, 1.54) is 10.9 Å². The number of fused-ring (bicyclic) bond motifs is 1. The molecule has 35 heavy (non-hydrogen) atoms. The van der Waals surface area contributed by atoms with Gasteiger partial charge in [-0.3, -0.25) is 17.8 Å². The molecule has 174 valence electrons. The van der Waals surface area contributed by atoms with Crippen LogP contribution < -0.4 is 101 Å². The van der Waals surface area contributed by atoms with E-state index in [1.54, 1.807) is 0 Å². The van der Waals surface area contributed by atoms with Crippen molar-refractivity contribution >= 4 is 51.2 Å². The van der Waals surface area contributed by atoms with Crippen LogP contribution in [0, 0.1) is 0 Å². The fourth-order valence-electron chi connectivity index (χ4n) is 2.60. The number of nitrogen functional groups attached to an aromatic ring is 1. The van der Waals surface area contributed by atoms with E-state index in [0.717, 1.165) is 6.33 Å². The van der Waals surface area contributed by atoms with Gasteiger partial charge in [-0.05, 0) is 0 Å². The van der Waals surface area contributed by atoms with Gasteiger partial charge < -0.3 is 49.3 Å². The second-order valence-electron chi connectivity index (χ2n) is 5.93. The maximum atomic E-state index is 12.0. The summed E-state index contributed by atoms with van der Waals surface area (Å²) < 4.78 is 39.8. The van der Waals surface area contributed by atoms with Crippen LogP contribution in [0.15, 0.2) is 12.7 Å². The number of hydrogen-bond acceptors (Lipinski definition) is 17. The molecule has 3 rings (SSSR count). The molecule has 17 nitrogen and oxygen atoms in total. The van der Waals surface area contributed by atoms with Gasteiger partial charge in [0.05, 0.1) is 20.8 Å². The Morgan fingerprint density at radius 3 is 2.23 bits per heavy atom. The Morgan fingerprint density at radius 1 is 1.06 bits per heavy atom. The molecule has 0 saturated carbocycles. The maximum Gasteiger partial charge on any atom is 1.00 e. The van der Waals surface area contributed by atoms with Crippen LogP contribution in [0.5, 0.6) is 0 Å². The number of hydrogen-bond donors (Lipinski definition) is 3. The van der Waals surface area contributed by atoms with Gasteiger partial charge in [-0.25, -0.2) is 15.0 Å². The third kappa shape index (κ3) is 10.2. The molecular formula is C10H12Li4N5O12P3S. The maximum absolute atomic E-state index is 12.0. The summed E-state index contributed by atoms with van der Waals surface area (Å²) in [7, 11) is -12.0. The van der Waals surface area contributed by atoms with Crippen molar-refractivity contribution in [1.82, 2.24) is 19.5 Å². The Balaban J connectivity index is 0. The standard InChI is InChI=1S/C10H16N5O12P3S.4Li/c11-8-5-9(13-2-12-8)15(3-14-5)10-7(17)6(16)4(25-10)1-24-30(23,31)27-29(21,22)26-28(18,19)20;;;;/h2-4,6-7,10,16-17H,1H2,(H,21,22)(H,23,31)(H2,11,12,13)(H2,18,19,20);;;;/q;4*+1/p-4. The van der Waals surface area contributed by atoms with E-state index < -0.39 is 53.5 Å². The monoisotopic (exact) mass is 547 g/mol.